The maximum absolute atomic E-state index is 13.9. The number of hydrogen-bond acceptors (Lipinski definition) is 2. The summed E-state index contributed by atoms with van der Waals surface area (Å²) in [4.78, 5) is 0. The summed E-state index contributed by atoms with van der Waals surface area (Å²) in [5.74, 6) is -162. The summed E-state index contributed by atoms with van der Waals surface area (Å²) in [5.41, 5.74) is 0. The molecule has 0 aromatic heterocycles. The molecule has 0 saturated carbocycles. The van der Waals surface area contributed by atoms with E-state index in [2.05, 4.69) is 0 Å². The van der Waals surface area contributed by atoms with Gasteiger partial charge < -0.3 is 10.2 Å². The molecule has 0 aliphatic carbocycles. The Morgan fingerprint density at radius 3 is 0.517 bits per heavy atom. The molecule has 0 aliphatic rings. The van der Waals surface area contributed by atoms with Crippen molar-refractivity contribution in [2.24, 2.45) is 0 Å². The van der Waals surface area contributed by atoms with Crippen LogP contribution < -0.4 is 0 Å². The van der Waals surface area contributed by atoms with Gasteiger partial charge in [-0.1, -0.05) is 0 Å². The number of halogens is 38. The number of hydrogen-bond donors (Lipinski definition) is 2. The molecule has 60 heavy (non-hydrogen) atoms. The van der Waals surface area contributed by atoms with Crippen molar-refractivity contribution in [1.82, 2.24) is 0 Å². The van der Waals surface area contributed by atoms with Gasteiger partial charge in [0.05, 0.1) is 6.42 Å². The quantitative estimate of drug-likeness (QED) is 0.134. The van der Waals surface area contributed by atoms with Gasteiger partial charge in [-0.15, -0.1) is 0 Å². The summed E-state index contributed by atoms with van der Waals surface area (Å²) >= 11 is 0. The van der Waals surface area contributed by atoms with Gasteiger partial charge in [-0.3, -0.25) is 0 Å². The predicted molar refractivity (Wildman–Crippen MR) is 103 cm³/mol. The zero-order valence-electron chi connectivity index (χ0n) is 25.5. The molecule has 0 aliphatic heterocycles. The molecule has 0 rings (SSSR count). The second-order valence-corrected chi connectivity index (χ2v) is 11.3. The normalized spacial score (nSPS) is 18.2. The molecule has 0 spiro atoms. The van der Waals surface area contributed by atoms with E-state index in [0.717, 1.165) is 0 Å². The van der Waals surface area contributed by atoms with E-state index in [1.54, 1.807) is 0 Å². The van der Waals surface area contributed by atoms with Gasteiger partial charge in [-0.25, -0.2) is 0 Å². The van der Waals surface area contributed by atoms with Crippen molar-refractivity contribution in [2.75, 3.05) is 0 Å². The summed E-state index contributed by atoms with van der Waals surface area (Å²) in [6, 6.07) is 0. The smallest absolute Gasteiger partial charge is 0.350 e. The van der Waals surface area contributed by atoms with Crippen LogP contribution >= 0.6 is 0 Å². The fraction of sp³-hybridized carbons (Fsp3) is 1.00. The summed E-state index contributed by atoms with van der Waals surface area (Å²) in [6.07, 6.45) is -22.5. The zero-order chi connectivity index (χ0) is 50.2. The van der Waals surface area contributed by atoms with Crippen molar-refractivity contribution in [3.63, 3.8) is 0 Å². The molecule has 0 aromatic carbocycles. The SMILES string of the molecule is OC(F)(F)C(O)(F)C(F)(F)C(F)(F)C(F)(F)C(F)(F)C(F)(F)C(F)(F)C(F)(F)CC(F)(F)C(F)(F)C(F)(F)C(F)(F)C(F)(F)C(F)(F)C(F)(F)C(F)(F)C(F)(F)C(F)(F)F. The Balaban J connectivity index is 7.60. The second-order valence-electron chi connectivity index (χ2n) is 11.3. The Bertz CT molecular complexity index is 1550. The first-order valence-corrected chi connectivity index (χ1v) is 12.6. The lowest BCUT2D eigenvalue weighted by atomic mass is 9.83. The van der Waals surface area contributed by atoms with E-state index in [0.29, 0.717) is 0 Å². The van der Waals surface area contributed by atoms with E-state index in [1.807, 2.05) is 0 Å². The average Bonchev–Trinajstić information content (AvgIpc) is 2.97. The minimum Gasteiger partial charge on any atom is -0.350 e. The molecule has 1 atom stereocenters. The average molecular weight is 998 g/mol. The first-order valence-electron chi connectivity index (χ1n) is 12.6. The molecule has 2 N–H and O–H groups in total. The predicted octanol–water partition coefficient (Wildman–Crippen LogP) is 11.3. The standard InChI is InChI=1S/C20H4F38O2/c21-2(22,4(25,26)6(29,30)8(33,34)10(37,38)11(39,40)13(43,44)15(47,48)17(51,52)19(54,55)56)1-3(23,24)5(27,28)7(31,32)9(35,36)12(41,42)14(45,46)16(49,50)18(53,59)20(57,58)60/h59-60H,1H2. The van der Waals surface area contributed by atoms with E-state index in [1.165, 1.54) is 0 Å². The zero-order valence-corrected chi connectivity index (χ0v) is 25.5. The molecular formula is C20H4F38O2. The highest BCUT2D eigenvalue weighted by Crippen LogP contribution is 2.69. The highest BCUT2D eigenvalue weighted by molar-refractivity contribution is 5.20. The third-order valence-electron chi connectivity index (χ3n) is 7.27. The van der Waals surface area contributed by atoms with Crippen molar-refractivity contribution < 1.29 is 177 Å². The molecule has 0 fully saturated rings. The molecule has 362 valence electrons. The van der Waals surface area contributed by atoms with Crippen LogP contribution in [0.4, 0.5) is 167 Å². The fourth-order valence-corrected chi connectivity index (χ4v) is 3.51. The molecule has 0 heterocycles. The highest BCUT2D eigenvalue weighted by atomic mass is 19.4. The second kappa shape index (κ2) is 13.6. The van der Waals surface area contributed by atoms with E-state index < -0.39 is 119 Å². The van der Waals surface area contributed by atoms with Gasteiger partial charge in [0.15, 0.2) is 0 Å². The third-order valence-corrected chi connectivity index (χ3v) is 7.27. The first kappa shape index (κ1) is 57.3. The minimum atomic E-state index is -10.1. The van der Waals surface area contributed by atoms with Crippen molar-refractivity contribution in [3.8, 4) is 0 Å². The first-order chi connectivity index (χ1) is 25.0. The van der Waals surface area contributed by atoms with Crippen LogP contribution in [0.15, 0.2) is 0 Å². The van der Waals surface area contributed by atoms with Gasteiger partial charge in [0.2, 0.25) is 0 Å². The van der Waals surface area contributed by atoms with E-state index >= 15 is 0 Å². The van der Waals surface area contributed by atoms with Crippen LogP contribution in [0.5, 0.6) is 0 Å². The molecule has 0 radical (unpaired) electrons. The lowest BCUT2D eigenvalue weighted by molar-refractivity contribution is -0.487. The van der Waals surface area contributed by atoms with Crippen LogP contribution in [-0.4, -0.2) is 123 Å². The van der Waals surface area contributed by atoms with Crippen LogP contribution in [0.2, 0.25) is 0 Å². The van der Waals surface area contributed by atoms with Crippen molar-refractivity contribution in [3.05, 3.63) is 0 Å². The molecule has 0 saturated heterocycles. The summed E-state index contributed by atoms with van der Waals surface area (Å²) in [7, 11) is 0. The monoisotopic (exact) mass is 998 g/mol. The molecule has 0 bridgehead atoms. The maximum atomic E-state index is 13.9. The van der Waals surface area contributed by atoms with Crippen LogP contribution in [0.1, 0.15) is 6.42 Å². The highest BCUT2D eigenvalue weighted by Gasteiger charge is 3.00. The van der Waals surface area contributed by atoms with Crippen LogP contribution in [0.25, 0.3) is 0 Å². The van der Waals surface area contributed by atoms with Crippen molar-refractivity contribution in [2.45, 2.75) is 119 Å². The summed E-state index contributed by atoms with van der Waals surface area (Å²) in [6.45, 7) is 0. The number of rotatable bonds is 18. The maximum Gasteiger partial charge on any atom is 0.460 e. The minimum absolute atomic E-state index is 6.38. The van der Waals surface area contributed by atoms with Gasteiger partial charge >= 0.3 is 113 Å². The largest absolute Gasteiger partial charge is 0.460 e. The van der Waals surface area contributed by atoms with Gasteiger partial charge in [0.25, 0.3) is 0 Å². The molecular weight excluding hydrogens is 994 g/mol. The topological polar surface area (TPSA) is 40.5 Å². The van der Waals surface area contributed by atoms with Gasteiger partial charge in [0.1, 0.15) is 0 Å². The Labute approximate surface area is 298 Å². The summed E-state index contributed by atoms with van der Waals surface area (Å²) in [5, 5.41) is 15.6. The fourth-order valence-electron chi connectivity index (χ4n) is 3.51. The van der Waals surface area contributed by atoms with Crippen LogP contribution in [0.3, 0.4) is 0 Å². The number of aliphatic hydroxyl groups is 2. The van der Waals surface area contributed by atoms with Crippen molar-refractivity contribution in [1.29, 1.82) is 0 Å². The van der Waals surface area contributed by atoms with E-state index in [9.17, 15) is 167 Å². The van der Waals surface area contributed by atoms with Gasteiger partial charge in [0, 0.05) is 0 Å². The Morgan fingerprint density at radius 1 is 0.200 bits per heavy atom. The third kappa shape index (κ3) is 6.66. The molecule has 0 aromatic rings. The van der Waals surface area contributed by atoms with E-state index in [4.69, 9.17) is 10.2 Å². The Kier molecular flexibility index (Phi) is 13.0. The molecule has 2 nitrogen and oxygen atoms in total. The van der Waals surface area contributed by atoms with Gasteiger partial charge in [-0.05, 0) is 0 Å². The number of alkyl halides is 38. The lowest BCUT2D eigenvalue weighted by Gasteiger charge is -2.46. The molecule has 40 heteroatoms. The van der Waals surface area contributed by atoms with E-state index in [-0.39, 0.29) is 0 Å². The summed E-state index contributed by atoms with van der Waals surface area (Å²) < 4.78 is 510. The molecule has 0 amide bonds. The molecule has 1 unspecified atom stereocenters. The Hall–Kier alpha value is -2.74. The lowest BCUT2D eigenvalue weighted by Crippen LogP contribution is -2.77. The van der Waals surface area contributed by atoms with Crippen LogP contribution in [-0.2, 0) is 0 Å². The van der Waals surface area contributed by atoms with Crippen LogP contribution in [0, 0.1) is 0 Å². The van der Waals surface area contributed by atoms with Gasteiger partial charge in [-0.2, -0.15) is 167 Å². The Morgan fingerprint density at radius 2 is 0.350 bits per heavy atom. The van der Waals surface area contributed by atoms with Crippen molar-refractivity contribution >= 4 is 0 Å².